The number of aliphatic hydroxyl groups excluding tert-OH is 4. The van der Waals surface area contributed by atoms with Crippen LogP contribution in [0.3, 0.4) is 0 Å². The van der Waals surface area contributed by atoms with Gasteiger partial charge in [-0.2, -0.15) is 0 Å². The van der Waals surface area contributed by atoms with Gasteiger partial charge in [0.2, 0.25) is 0 Å². The summed E-state index contributed by atoms with van der Waals surface area (Å²) < 4.78 is 12.1. The molecule has 0 spiro atoms. The van der Waals surface area contributed by atoms with Crippen LogP contribution in [0, 0.1) is 0 Å². The zero-order valence-corrected chi connectivity index (χ0v) is 25.1. The number of ether oxygens (including phenoxy) is 2. The van der Waals surface area contributed by atoms with Crippen LogP contribution in [0.1, 0.15) is 162 Å². The van der Waals surface area contributed by atoms with E-state index in [9.17, 15) is 20.4 Å². The topological polar surface area (TPSA) is 99.4 Å². The Balaban J connectivity index is 2.33. The number of hydrogen-bond donors (Lipinski definition) is 4. The van der Waals surface area contributed by atoms with Crippen molar-refractivity contribution in [3.8, 4) is 0 Å². The highest BCUT2D eigenvalue weighted by atomic mass is 16.7. The number of aliphatic hydroxyl groups is 4. The molecular weight excluding hydrogens is 480 g/mol. The van der Waals surface area contributed by atoms with Crippen molar-refractivity contribution in [2.75, 3.05) is 13.2 Å². The van der Waals surface area contributed by atoms with E-state index in [-0.39, 0.29) is 0 Å². The molecule has 0 radical (unpaired) electrons. The molecule has 0 aliphatic carbocycles. The van der Waals surface area contributed by atoms with Crippen molar-refractivity contribution < 1.29 is 29.9 Å². The second-order valence-corrected chi connectivity index (χ2v) is 11.7. The number of unbranched alkanes of at least 4 members (excludes halogenated alkanes) is 20. The molecule has 1 rings (SSSR count). The van der Waals surface area contributed by atoms with Crippen molar-refractivity contribution in [3.05, 3.63) is 0 Å². The monoisotopic (exact) mass is 544 g/mol. The van der Waals surface area contributed by atoms with Crippen molar-refractivity contribution in [3.63, 3.8) is 0 Å². The van der Waals surface area contributed by atoms with Crippen LogP contribution in [0.2, 0.25) is 0 Å². The molecule has 228 valence electrons. The van der Waals surface area contributed by atoms with Crippen LogP contribution in [-0.4, -0.2) is 63.8 Å². The summed E-state index contributed by atoms with van der Waals surface area (Å²) in [6.45, 7) is 4.51. The number of hydrogen-bond acceptors (Lipinski definition) is 6. The van der Waals surface area contributed by atoms with Crippen LogP contribution >= 0.6 is 0 Å². The van der Waals surface area contributed by atoms with E-state index < -0.39 is 36.8 Å². The minimum Gasteiger partial charge on any atom is -0.394 e. The van der Waals surface area contributed by atoms with Crippen LogP contribution < -0.4 is 0 Å². The lowest BCUT2D eigenvalue weighted by molar-refractivity contribution is -0.366. The van der Waals surface area contributed by atoms with E-state index in [0.717, 1.165) is 32.1 Å². The van der Waals surface area contributed by atoms with Gasteiger partial charge < -0.3 is 29.9 Å². The summed E-state index contributed by atoms with van der Waals surface area (Å²) in [7, 11) is 0. The Hall–Kier alpha value is -0.240. The molecule has 1 aliphatic heterocycles. The van der Waals surface area contributed by atoms with Crippen LogP contribution in [0.15, 0.2) is 0 Å². The molecule has 1 heterocycles. The van der Waals surface area contributed by atoms with Gasteiger partial charge in [-0.15, -0.1) is 0 Å². The molecule has 6 nitrogen and oxygen atoms in total. The molecule has 1 saturated heterocycles. The highest BCUT2D eigenvalue weighted by molar-refractivity contribution is 4.97. The molecule has 0 amide bonds. The summed E-state index contributed by atoms with van der Waals surface area (Å²) >= 11 is 0. The highest BCUT2D eigenvalue weighted by Crippen LogP contribution is 2.36. The average molecular weight is 545 g/mol. The Kier molecular flexibility index (Phi) is 22.1. The van der Waals surface area contributed by atoms with Gasteiger partial charge in [0.15, 0.2) is 5.79 Å². The van der Waals surface area contributed by atoms with Crippen molar-refractivity contribution in [2.45, 2.75) is 192 Å². The molecule has 4 N–H and O–H groups in total. The van der Waals surface area contributed by atoms with Gasteiger partial charge in [0.25, 0.3) is 0 Å². The first-order chi connectivity index (χ1) is 18.5. The van der Waals surface area contributed by atoms with Gasteiger partial charge in [-0.1, -0.05) is 142 Å². The summed E-state index contributed by atoms with van der Waals surface area (Å²) in [6.07, 6.45) is 22.6. The lowest BCUT2D eigenvalue weighted by Crippen LogP contribution is -2.66. The fraction of sp³-hybridized carbons (Fsp3) is 1.00. The highest BCUT2D eigenvalue weighted by Gasteiger charge is 2.53. The molecule has 6 heteroatoms. The maximum Gasteiger partial charge on any atom is 0.197 e. The summed E-state index contributed by atoms with van der Waals surface area (Å²) in [5.41, 5.74) is 0. The summed E-state index contributed by atoms with van der Waals surface area (Å²) in [4.78, 5) is 0. The Labute approximate surface area is 234 Å². The summed E-state index contributed by atoms with van der Waals surface area (Å²) in [5.74, 6) is -1.37. The Bertz CT molecular complexity index is 516. The second-order valence-electron chi connectivity index (χ2n) is 11.7. The first-order valence-corrected chi connectivity index (χ1v) is 16.5. The fourth-order valence-corrected chi connectivity index (χ4v) is 5.65. The third kappa shape index (κ3) is 14.9. The number of rotatable bonds is 26. The maximum atomic E-state index is 10.9. The Morgan fingerprint density at radius 3 is 1.37 bits per heavy atom. The zero-order chi connectivity index (χ0) is 27.9. The first kappa shape index (κ1) is 35.8. The van der Waals surface area contributed by atoms with E-state index in [1.807, 2.05) is 0 Å². The maximum absolute atomic E-state index is 10.9. The van der Waals surface area contributed by atoms with Gasteiger partial charge in [0.1, 0.15) is 24.4 Å². The normalized spacial score (nSPS) is 25.7. The molecule has 1 unspecified atom stereocenters. The van der Waals surface area contributed by atoms with Crippen molar-refractivity contribution in [1.29, 1.82) is 0 Å². The predicted octanol–water partition coefficient (Wildman–Crippen LogP) is 7.19. The Morgan fingerprint density at radius 2 is 0.947 bits per heavy atom. The predicted molar refractivity (Wildman–Crippen MR) is 156 cm³/mol. The zero-order valence-electron chi connectivity index (χ0n) is 25.1. The van der Waals surface area contributed by atoms with Gasteiger partial charge >= 0.3 is 0 Å². The summed E-state index contributed by atoms with van der Waals surface area (Å²) in [5, 5.41) is 41.3. The quantitative estimate of drug-likeness (QED) is 0.0861. The van der Waals surface area contributed by atoms with Crippen molar-refractivity contribution in [2.24, 2.45) is 0 Å². The third-order valence-electron chi connectivity index (χ3n) is 8.26. The van der Waals surface area contributed by atoms with Gasteiger partial charge in [0.05, 0.1) is 13.2 Å². The van der Waals surface area contributed by atoms with E-state index >= 15 is 0 Å². The molecule has 0 saturated carbocycles. The first-order valence-electron chi connectivity index (χ1n) is 16.5. The smallest absolute Gasteiger partial charge is 0.197 e. The standard InChI is InChI=1S/C32H64O6/c1-3-5-7-9-11-13-15-16-18-20-22-24-26-37-32(31(36)30(35)29(34)28(27-33)38-32)25-23-21-19-17-14-12-10-8-6-4-2/h28-31,33-36H,3-27H2,1-2H3/t28-,29-,30+,31-,32?/m1/s1. The van der Waals surface area contributed by atoms with Gasteiger partial charge in [0, 0.05) is 6.42 Å². The molecule has 0 aromatic rings. The van der Waals surface area contributed by atoms with Crippen LogP contribution in [-0.2, 0) is 9.47 Å². The van der Waals surface area contributed by atoms with Crippen molar-refractivity contribution >= 4 is 0 Å². The Morgan fingerprint density at radius 1 is 0.553 bits per heavy atom. The van der Waals surface area contributed by atoms with Crippen LogP contribution in [0.25, 0.3) is 0 Å². The molecule has 0 bridgehead atoms. The van der Waals surface area contributed by atoms with E-state index in [1.165, 1.54) is 109 Å². The lowest BCUT2D eigenvalue weighted by Gasteiger charge is -2.48. The molecule has 1 fully saturated rings. The largest absolute Gasteiger partial charge is 0.394 e. The van der Waals surface area contributed by atoms with E-state index in [4.69, 9.17) is 9.47 Å². The average Bonchev–Trinajstić information content (AvgIpc) is 2.93. The van der Waals surface area contributed by atoms with Gasteiger partial charge in [-0.25, -0.2) is 0 Å². The molecule has 0 aromatic carbocycles. The molecule has 1 aliphatic rings. The third-order valence-corrected chi connectivity index (χ3v) is 8.26. The lowest BCUT2D eigenvalue weighted by atomic mass is 9.89. The van der Waals surface area contributed by atoms with Crippen LogP contribution in [0.5, 0.6) is 0 Å². The van der Waals surface area contributed by atoms with E-state index in [2.05, 4.69) is 13.8 Å². The van der Waals surface area contributed by atoms with Gasteiger partial charge in [-0.05, 0) is 12.8 Å². The molecule has 5 atom stereocenters. The SMILES string of the molecule is CCCCCCCCCCCCCCOC1(CCCCCCCCCCCC)O[C@H](CO)[C@@H](O)[C@H](O)[C@H]1O. The second kappa shape index (κ2) is 23.5. The molecule has 38 heavy (non-hydrogen) atoms. The molecular formula is C32H64O6. The van der Waals surface area contributed by atoms with Crippen LogP contribution in [0.4, 0.5) is 0 Å². The van der Waals surface area contributed by atoms with E-state index in [1.54, 1.807) is 0 Å². The summed E-state index contributed by atoms with van der Waals surface area (Å²) in [6, 6.07) is 0. The minimum absolute atomic E-state index is 0.424. The van der Waals surface area contributed by atoms with E-state index in [0.29, 0.717) is 13.0 Å². The van der Waals surface area contributed by atoms with Crippen molar-refractivity contribution in [1.82, 2.24) is 0 Å². The molecule has 0 aromatic heterocycles. The minimum atomic E-state index is -1.40. The van der Waals surface area contributed by atoms with Gasteiger partial charge in [-0.3, -0.25) is 0 Å². The fourth-order valence-electron chi connectivity index (χ4n) is 5.65.